The van der Waals surface area contributed by atoms with Crippen molar-refractivity contribution in [3.05, 3.63) is 42.0 Å². The fourth-order valence-corrected chi connectivity index (χ4v) is 7.15. The van der Waals surface area contributed by atoms with Crippen LogP contribution in [0.1, 0.15) is 24.2 Å². The number of carbonyl (C=O) groups is 2. The first-order valence-corrected chi connectivity index (χ1v) is 12.2. The molecular weight excluding hydrogens is 456 g/mol. The number of fused-ring (bicyclic) bond motifs is 3. The fourth-order valence-electron chi connectivity index (χ4n) is 4.02. The Kier molecular flexibility index (Phi) is 5.70. The van der Waals surface area contributed by atoms with E-state index in [1.54, 1.807) is 43.6 Å². The summed E-state index contributed by atoms with van der Waals surface area (Å²) in [4.78, 5) is 24.2. The van der Waals surface area contributed by atoms with E-state index in [9.17, 15) is 23.2 Å². The molecule has 1 aromatic heterocycles. The highest BCUT2D eigenvalue weighted by atomic mass is 32.2. The van der Waals surface area contributed by atoms with Crippen molar-refractivity contribution in [2.24, 2.45) is 0 Å². The number of hydroxylamine groups is 1. The lowest BCUT2D eigenvalue weighted by molar-refractivity contribution is -0.134. The van der Waals surface area contributed by atoms with E-state index < -0.39 is 32.7 Å². The van der Waals surface area contributed by atoms with Crippen LogP contribution in [0.5, 0.6) is 0 Å². The number of nitrogens with one attached hydrogen (secondary N) is 1. The van der Waals surface area contributed by atoms with E-state index in [1.165, 1.54) is 31.0 Å². The van der Waals surface area contributed by atoms with Crippen molar-refractivity contribution < 1.29 is 32.4 Å². The number of hydrogen-bond acceptors (Lipinski definition) is 8. The molecule has 1 saturated heterocycles. The molecule has 0 radical (unpaired) electrons. The van der Waals surface area contributed by atoms with E-state index in [0.29, 0.717) is 33.3 Å². The second kappa shape index (κ2) is 8.07. The van der Waals surface area contributed by atoms with Gasteiger partial charge in [-0.3, -0.25) is 10.0 Å². The Hall–Kier alpha value is -2.60. The summed E-state index contributed by atoms with van der Waals surface area (Å²) >= 11 is 1.47. The Labute approximate surface area is 188 Å². The average Bonchev–Trinajstić information content (AvgIpc) is 3.14. The minimum atomic E-state index is -4.07. The summed E-state index contributed by atoms with van der Waals surface area (Å²) < 4.78 is 38.0. The summed E-state index contributed by atoms with van der Waals surface area (Å²) in [5.74, 6) is -0.778. The molecule has 0 bridgehead atoms. The van der Waals surface area contributed by atoms with Gasteiger partial charge in [-0.1, -0.05) is 0 Å². The zero-order valence-electron chi connectivity index (χ0n) is 17.6. The van der Waals surface area contributed by atoms with Gasteiger partial charge in [0.05, 0.1) is 17.6 Å². The molecule has 9 nitrogen and oxygen atoms in total. The zero-order chi connectivity index (χ0) is 23.3. The summed E-state index contributed by atoms with van der Waals surface area (Å²) in [5, 5.41) is 10.4. The molecule has 32 heavy (non-hydrogen) atoms. The molecule has 4 rings (SSSR count). The summed E-state index contributed by atoms with van der Waals surface area (Å²) in [7, 11) is -2.78. The van der Waals surface area contributed by atoms with Crippen molar-refractivity contribution in [3.63, 3.8) is 0 Å². The molecule has 0 unspecified atom stereocenters. The number of methoxy groups -OCH3 is 1. The first kappa shape index (κ1) is 22.6. The average molecular weight is 479 g/mol. The van der Waals surface area contributed by atoms with Gasteiger partial charge >= 0.3 is 5.97 Å². The van der Waals surface area contributed by atoms with Gasteiger partial charge in [0.25, 0.3) is 5.91 Å². The first-order chi connectivity index (χ1) is 15.1. The number of ether oxygens (including phenoxy) is 1. The highest BCUT2D eigenvalue weighted by Gasteiger charge is 2.48. The van der Waals surface area contributed by atoms with Crippen LogP contribution >= 0.6 is 11.8 Å². The molecule has 1 aliphatic heterocycles. The number of nitrogens with zero attached hydrogens (tertiary/aromatic N) is 1. The summed E-state index contributed by atoms with van der Waals surface area (Å²) in [6, 6.07) is 8.17. The molecule has 1 aliphatic rings. The molecule has 11 heteroatoms. The molecule has 3 aromatic rings. The number of benzene rings is 2. The second-order valence-electron chi connectivity index (χ2n) is 7.91. The smallest absolute Gasteiger partial charge is 0.337 e. The molecule has 170 valence electrons. The first-order valence-electron chi connectivity index (χ1n) is 9.74. The van der Waals surface area contributed by atoms with Crippen LogP contribution in [0.4, 0.5) is 0 Å². The number of carbonyl (C=O) groups excluding carboxylic acids is 2. The Bertz CT molecular complexity index is 1330. The van der Waals surface area contributed by atoms with Gasteiger partial charge < -0.3 is 9.15 Å². The Morgan fingerprint density at radius 3 is 2.62 bits per heavy atom. The van der Waals surface area contributed by atoms with Crippen molar-refractivity contribution in [2.45, 2.75) is 29.5 Å². The lowest BCUT2D eigenvalue weighted by Gasteiger charge is -2.43. The quantitative estimate of drug-likeness (QED) is 0.333. The molecule has 2 heterocycles. The number of sulfonamides is 1. The van der Waals surface area contributed by atoms with Crippen molar-refractivity contribution in [1.29, 1.82) is 0 Å². The zero-order valence-corrected chi connectivity index (χ0v) is 19.2. The van der Waals surface area contributed by atoms with E-state index in [0.717, 1.165) is 4.31 Å². The maximum absolute atomic E-state index is 13.6. The highest BCUT2D eigenvalue weighted by molar-refractivity contribution is 8.01. The van der Waals surface area contributed by atoms with Crippen LogP contribution in [0, 0.1) is 0 Å². The lowest BCUT2D eigenvalue weighted by atomic mass is 10.0. The monoisotopic (exact) mass is 478 g/mol. The van der Waals surface area contributed by atoms with Gasteiger partial charge in [0.15, 0.2) is 0 Å². The van der Waals surface area contributed by atoms with Crippen LogP contribution in [0.2, 0.25) is 0 Å². The van der Waals surface area contributed by atoms with Crippen molar-refractivity contribution in [1.82, 2.24) is 9.79 Å². The maximum atomic E-state index is 13.6. The van der Waals surface area contributed by atoms with E-state index in [1.807, 2.05) is 0 Å². The summed E-state index contributed by atoms with van der Waals surface area (Å²) in [5.41, 5.74) is 2.80. The van der Waals surface area contributed by atoms with Crippen molar-refractivity contribution >= 4 is 55.6 Å². The van der Waals surface area contributed by atoms with Gasteiger partial charge in [0.1, 0.15) is 17.2 Å². The van der Waals surface area contributed by atoms with E-state index in [2.05, 4.69) is 0 Å². The SMILES string of the molecule is COC(=O)c1ccc2c(c1)oc1ccc(S(=O)(=O)N3CCSC(C)(C)[C@@H]3C(=O)NO)cc12. The topological polar surface area (TPSA) is 126 Å². The predicted octanol–water partition coefficient (Wildman–Crippen LogP) is 2.76. The van der Waals surface area contributed by atoms with Crippen LogP contribution in [-0.2, 0) is 19.6 Å². The number of thioether (sulfide) groups is 1. The molecule has 2 aromatic carbocycles. The molecule has 1 fully saturated rings. The van der Waals surface area contributed by atoms with Gasteiger partial charge in [-0.2, -0.15) is 16.1 Å². The van der Waals surface area contributed by atoms with Gasteiger partial charge in [0.2, 0.25) is 10.0 Å². The highest BCUT2D eigenvalue weighted by Crippen LogP contribution is 2.39. The van der Waals surface area contributed by atoms with Crippen LogP contribution in [0.15, 0.2) is 45.7 Å². The molecular formula is C21H22N2O7S2. The predicted molar refractivity (Wildman–Crippen MR) is 119 cm³/mol. The Morgan fingerprint density at radius 1 is 1.19 bits per heavy atom. The van der Waals surface area contributed by atoms with E-state index >= 15 is 0 Å². The van der Waals surface area contributed by atoms with Gasteiger partial charge in [-0.25, -0.2) is 18.7 Å². The van der Waals surface area contributed by atoms with Crippen molar-refractivity contribution in [3.8, 4) is 0 Å². The molecule has 0 aliphatic carbocycles. The van der Waals surface area contributed by atoms with E-state index in [4.69, 9.17) is 9.15 Å². The van der Waals surface area contributed by atoms with Crippen molar-refractivity contribution in [2.75, 3.05) is 19.4 Å². The number of furan rings is 1. The molecule has 2 N–H and O–H groups in total. The Balaban J connectivity index is 1.81. The molecule has 1 atom stereocenters. The molecule has 0 spiro atoms. The van der Waals surface area contributed by atoms with Crippen LogP contribution in [0.3, 0.4) is 0 Å². The number of esters is 1. The maximum Gasteiger partial charge on any atom is 0.337 e. The fraction of sp³-hybridized carbons (Fsp3) is 0.333. The summed E-state index contributed by atoms with van der Waals surface area (Å²) in [6.07, 6.45) is 0. The van der Waals surface area contributed by atoms with Crippen LogP contribution in [-0.4, -0.2) is 60.0 Å². The van der Waals surface area contributed by atoms with Gasteiger partial charge in [-0.15, -0.1) is 0 Å². The third-order valence-corrected chi connectivity index (χ3v) is 8.78. The second-order valence-corrected chi connectivity index (χ2v) is 11.5. The number of rotatable bonds is 4. The normalized spacial score (nSPS) is 19.2. The van der Waals surface area contributed by atoms with Gasteiger partial charge in [-0.05, 0) is 50.2 Å². The third-order valence-electron chi connectivity index (χ3n) is 5.56. The third kappa shape index (κ3) is 3.64. The minimum absolute atomic E-state index is 0.00295. The lowest BCUT2D eigenvalue weighted by Crippen LogP contribution is -2.61. The van der Waals surface area contributed by atoms with E-state index in [-0.39, 0.29) is 11.4 Å². The number of hydrogen-bond donors (Lipinski definition) is 2. The van der Waals surface area contributed by atoms with Crippen LogP contribution < -0.4 is 5.48 Å². The standard InChI is InChI=1S/C21H22N2O7S2/c1-21(2)18(19(24)22-26)23(8-9-31-21)32(27,28)13-5-7-16-15(11-13)14-6-4-12(20(25)29-3)10-17(14)30-16/h4-7,10-11,18,26H,8-9H2,1-3H3,(H,22,24)/t18-/m0/s1. The van der Waals surface area contributed by atoms with Crippen LogP contribution in [0.25, 0.3) is 21.9 Å². The minimum Gasteiger partial charge on any atom is -0.465 e. The van der Waals surface area contributed by atoms with Gasteiger partial charge in [0, 0.05) is 27.8 Å². The molecule has 1 amide bonds. The summed E-state index contributed by atoms with van der Waals surface area (Å²) in [6.45, 7) is 3.66. The largest absolute Gasteiger partial charge is 0.465 e. The Morgan fingerprint density at radius 2 is 1.94 bits per heavy atom. The molecule has 0 saturated carbocycles. The number of amides is 1.